The summed E-state index contributed by atoms with van der Waals surface area (Å²) < 4.78 is 10.5. The lowest BCUT2D eigenvalue weighted by Crippen LogP contribution is -2.21. The van der Waals surface area contributed by atoms with E-state index in [4.69, 9.17) is 15.2 Å². The van der Waals surface area contributed by atoms with E-state index < -0.39 is 0 Å². The molecule has 20 heavy (non-hydrogen) atoms. The molecule has 112 valence electrons. The number of hydrogen-bond acceptors (Lipinski definition) is 4. The molecule has 1 rings (SSSR count). The second-order valence-corrected chi connectivity index (χ2v) is 4.88. The Balaban J connectivity index is 2.40. The molecule has 0 heterocycles. The molecule has 0 aliphatic rings. The zero-order valence-corrected chi connectivity index (χ0v) is 12.4. The number of carbonyl (C=O) groups is 1. The van der Waals surface area contributed by atoms with Crippen LogP contribution in [0.4, 0.5) is 0 Å². The van der Waals surface area contributed by atoms with Crippen LogP contribution < -0.4 is 10.5 Å². The quantitative estimate of drug-likeness (QED) is 0.557. The average molecular weight is 279 g/mol. The van der Waals surface area contributed by atoms with Crippen LogP contribution in [0.3, 0.4) is 0 Å². The van der Waals surface area contributed by atoms with E-state index in [0.717, 1.165) is 31.2 Å². The van der Waals surface area contributed by atoms with Gasteiger partial charge in [0.2, 0.25) is 0 Å². The summed E-state index contributed by atoms with van der Waals surface area (Å²) in [6.07, 6.45) is 3.65. The van der Waals surface area contributed by atoms with Gasteiger partial charge in [-0.1, -0.05) is 32.4 Å². The van der Waals surface area contributed by atoms with Gasteiger partial charge in [-0.15, -0.1) is 0 Å². The lowest BCUT2D eigenvalue weighted by atomic mass is 10.0. The van der Waals surface area contributed by atoms with Crippen molar-refractivity contribution in [2.24, 2.45) is 5.73 Å². The van der Waals surface area contributed by atoms with E-state index in [9.17, 15) is 4.79 Å². The Hall–Kier alpha value is -1.55. The molecule has 0 aliphatic heterocycles. The van der Waals surface area contributed by atoms with E-state index in [0.29, 0.717) is 12.4 Å². The van der Waals surface area contributed by atoms with Crippen molar-refractivity contribution < 1.29 is 14.3 Å². The van der Waals surface area contributed by atoms with Crippen LogP contribution in [0.1, 0.15) is 38.7 Å². The standard InChI is InChI=1S/C16H25NO3/c1-3-5-9-19-16(18)12-20-15-8-6-7-13(11-15)10-14(17)4-2/h6-8,11,14H,3-5,9-10,12,17H2,1-2H3. The highest BCUT2D eigenvalue weighted by atomic mass is 16.6. The van der Waals surface area contributed by atoms with Gasteiger partial charge in [0.15, 0.2) is 6.61 Å². The number of ether oxygens (including phenoxy) is 2. The third-order valence-electron chi connectivity index (χ3n) is 3.04. The lowest BCUT2D eigenvalue weighted by Gasteiger charge is -2.11. The molecule has 0 fully saturated rings. The van der Waals surface area contributed by atoms with Crippen LogP contribution in [-0.2, 0) is 16.0 Å². The summed E-state index contributed by atoms with van der Waals surface area (Å²) in [6.45, 7) is 4.53. The maximum atomic E-state index is 11.4. The molecule has 0 radical (unpaired) electrons. The summed E-state index contributed by atoms with van der Waals surface area (Å²) in [5, 5.41) is 0. The molecule has 2 N–H and O–H groups in total. The van der Waals surface area contributed by atoms with Crippen LogP contribution in [-0.4, -0.2) is 25.2 Å². The van der Waals surface area contributed by atoms with Gasteiger partial charge in [-0.05, 0) is 37.0 Å². The average Bonchev–Trinajstić information content (AvgIpc) is 2.45. The van der Waals surface area contributed by atoms with E-state index in [1.54, 1.807) is 0 Å². The highest BCUT2D eigenvalue weighted by Gasteiger charge is 2.06. The molecule has 4 nitrogen and oxygen atoms in total. The minimum absolute atomic E-state index is 0.0486. The first kappa shape index (κ1) is 16.5. The fourth-order valence-corrected chi connectivity index (χ4v) is 1.72. The molecule has 0 aliphatic carbocycles. The first-order valence-electron chi connectivity index (χ1n) is 7.28. The highest BCUT2D eigenvalue weighted by Crippen LogP contribution is 2.15. The number of esters is 1. The monoisotopic (exact) mass is 279 g/mol. The molecule has 0 saturated carbocycles. The number of hydrogen-bond donors (Lipinski definition) is 1. The molecule has 4 heteroatoms. The smallest absolute Gasteiger partial charge is 0.344 e. The van der Waals surface area contributed by atoms with Gasteiger partial charge in [0.05, 0.1) is 6.61 Å². The maximum absolute atomic E-state index is 11.4. The number of unbranched alkanes of at least 4 members (excludes halogenated alkanes) is 1. The zero-order valence-electron chi connectivity index (χ0n) is 12.4. The SMILES string of the molecule is CCCCOC(=O)COc1cccc(CC(N)CC)c1. The molecule has 0 amide bonds. The van der Waals surface area contributed by atoms with Crippen molar-refractivity contribution in [1.29, 1.82) is 0 Å². The number of rotatable bonds is 9. The third kappa shape index (κ3) is 6.57. The largest absolute Gasteiger partial charge is 0.482 e. The highest BCUT2D eigenvalue weighted by molar-refractivity contribution is 5.71. The molecular formula is C16H25NO3. The normalized spacial score (nSPS) is 11.9. The summed E-state index contributed by atoms with van der Waals surface area (Å²) >= 11 is 0. The Morgan fingerprint density at radius 1 is 1.35 bits per heavy atom. The minimum atomic E-state index is -0.325. The van der Waals surface area contributed by atoms with Gasteiger partial charge >= 0.3 is 5.97 Å². The number of carbonyl (C=O) groups excluding carboxylic acids is 1. The number of benzene rings is 1. The van der Waals surface area contributed by atoms with Crippen molar-refractivity contribution in [3.05, 3.63) is 29.8 Å². The van der Waals surface area contributed by atoms with E-state index >= 15 is 0 Å². The van der Waals surface area contributed by atoms with Crippen molar-refractivity contribution in [3.63, 3.8) is 0 Å². The third-order valence-corrected chi connectivity index (χ3v) is 3.04. The van der Waals surface area contributed by atoms with Crippen LogP contribution in [0.15, 0.2) is 24.3 Å². The van der Waals surface area contributed by atoms with E-state index in [2.05, 4.69) is 13.8 Å². The van der Waals surface area contributed by atoms with Crippen LogP contribution in [0.2, 0.25) is 0 Å². The van der Waals surface area contributed by atoms with Gasteiger partial charge in [-0.25, -0.2) is 4.79 Å². The van der Waals surface area contributed by atoms with Crippen molar-refractivity contribution in [2.75, 3.05) is 13.2 Å². The van der Waals surface area contributed by atoms with Crippen molar-refractivity contribution in [2.45, 2.75) is 45.6 Å². The second-order valence-electron chi connectivity index (χ2n) is 4.88. The number of nitrogens with two attached hydrogens (primary N) is 1. The summed E-state index contributed by atoms with van der Waals surface area (Å²) in [6, 6.07) is 7.84. The van der Waals surface area contributed by atoms with Gasteiger partial charge in [0.1, 0.15) is 5.75 Å². The summed E-state index contributed by atoms with van der Waals surface area (Å²) in [4.78, 5) is 11.4. The molecule has 1 aromatic carbocycles. The van der Waals surface area contributed by atoms with E-state index in [1.807, 2.05) is 24.3 Å². The Bertz CT molecular complexity index is 406. The Kier molecular flexibility index (Phi) is 7.73. The van der Waals surface area contributed by atoms with Crippen molar-refractivity contribution in [1.82, 2.24) is 0 Å². The molecule has 1 atom stereocenters. The van der Waals surface area contributed by atoms with Gasteiger partial charge < -0.3 is 15.2 Å². The fourth-order valence-electron chi connectivity index (χ4n) is 1.72. The van der Waals surface area contributed by atoms with E-state index in [-0.39, 0.29) is 18.6 Å². The Morgan fingerprint density at radius 3 is 2.85 bits per heavy atom. The Labute approximate surface area is 121 Å². The topological polar surface area (TPSA) is 61.5 Å². The molecule has 0 aromatic heterocycles. The van der Waals surface area contributed by atoms with Gasteiger partial charge in [0, 0.05) is 6.04 Å². The van der Waals surface area contributed by atoms with Crippen LogP contribution in [0, 0.1) is 0 Å². The van der Waals surface area contributed by atoms with E-state index in [1.165, 1.54) is 0 Å². The van der Waals surface area contributed by atoms with Crippen LogP contribution in [0.5, 0.6) is 5.75 Å². The molecule has 0 spiro atoms. The van der Waals surface area contributed by atoms with Crippen LogP contribution >= 0.6 is 0 Å². The molecule has 0 bridgehead atoms. The molecule has 1 unspecified atom stereocenters. The first-order valence-corrected chi connectivity index (χ1v) is 7.28. The van der Waals surface area contributed by atoms with Crippen LogP contribution in [0.25, 0.3) is 0 Å². The summed E-state index contributed by atoms with van der Waals surface area (Å²) in [7, 11) is 0. The van der Waals surface area contributed by atoms with Crippen molar-refractivity contribution in [3.8, 4) is 5.75 Å². The van der Waals surface area contributed by atoms with Gasteiger partial charge in [0.25, 0.3) is 0 Å². The maximum Gasteiger partial charge on any atom is 0.344 e. The van der Waals surface area contributed by atoms with Crippen molar-refractivity contribution >= 4 is 5.97 Å². The fraction of sp³-hybridized carbons (Fsp3) is 0.562. The van der Waals surface area contributed by atoms with Gasteiger partial charge in [-0.2, -0.15) is 0 Å². The molecular weight excluding hydrogens is 254 g/mol. The lowest BCUT2D eigenvalue weighted by molar-refractivity contribution is -0.146. The predicted octanol–water partition coefficient (Wildman–Crippen LogP) is 2.69. The summed E-state index contributed by atoms with van der Waals surface area (Å²) in [5.41, 5.74) is 7.05. The van der Waals surface area contributed by atoms with Gasteiger partial charge in [-0.3, -0.25) is 0 Å². The first-order chi connectivity index (χ1) is 9.65. The summed E-state index contributed by atoms with van der Waals surface area (Å²) in [5.74, 6) is 0.354. The molecule has 0 saturated heterocycles. The zero-order chi connectivity index (χ0) is 14.8. The minimum Gasteiger partial charge on any atom is -0.482 e. The second kappa shape index (κ2) is 9.37. The predicted molar refractivity (Wildman–Crippen MR) is 79.8 cm³/mol. The molecule has 1 aromatic rings. The Morgan fingerprint density at radius 2 is 2.15 bits per heavy atom.